The van der Waals surface area contributed by atoms with Gasteiger partial charge < -0.3 is 10.4 Å². The maximum atomic E-state index is 13.4. The molecule has 0 bridgehead atoms. The number of carboxylic acids is 1. The van der Waals surface area contributed by atoms with Gasteiger partial charge in [-0.2, -0.15) is 5.26 Å². The number of nitrogens with one attached hydrogen (secondary N) is 1. The van der Waals surface area contributed by atoms with Crippen molar-refractivity contribution in [3.05, 3.63) is 35.1 Å². The fourth-order valence-corrected chi connectivity index (χ4v) is 1.11. The summed E-state index contributed by atoms with van der Waals surface area (Å²) in [5.74, 6) is -1.50. The Morgan fingerprint density at radius 1 is 1.69 bits per heavy atom. The molecule has 0 amide bonds. The van der Waals surface area contributed by atoms with Crippen molar-refractivity contribution < 1.29 is 14.3 Å². The van der Waals surface area contributed by atoms with Crippen LogP contribution in [0.4, 0.5) is 4.39 Å². The Bertz CT molecular complexity index is 440. The van der Waals surface area contributed by atoms with Crippen molar-refractivity contribution in [2.24, 2.45) is 0 Å². The van der Waals surface area contributed by atoms with Crippen LogP contribution >= 0.6 is 0 Å². The number of carbonyl (C=O) groups is 1. The summed E-state index contributed by atoms with van der Waals surface area (Å²) in [5.41, 5.74) is 0.583. The molecule has 0 saturated heterocycles. The molecule has 0 fully saturated rings. The molecule has 1 rings (SSSR count). The van der Waals surface area contributed by atoms with Gasteiger partial charge in [0.25, 0.3) is 0 Å². The fraction of sp³-hybridized carbons (Fsp3) is 0.273. The molecule has 5 heteroatoms. The molecule has 0 spiro atoms. The first-order valence-electron chi connectivity index (χ1n) is 4.69. The van der Waals surface area contributed by atoms with Gasteiger partial charge in [-0.05, 0) is 19.1 Å². The summed E-state index contributed by atoms with van der Waals surface area (Å²) in [4.78, 5) is 10.5. The van der Waals surface area contributed by atoms with Crippen LogP contribution in [0.3, 0.4) is 0 Å². The normalized spacial score (nSPS) is 11.8. The van der Waals surface area contributed by atoms with Crippen molar-refractivity contribution in [2.45, 2.75) is 19.5 Å². The highest BCUT2D eigenvalue weighted by molar-refractivity contribution is 5.72. The lowest BCUT2D eigenvalue weighted by molar-refractivity contribution is -0.139. The standard InChI is InChI=1S/C11H11FN2O2/c1-7(11(15)16)14-6-9-3-2-8(5-13)4-10(9)12/h2-4,7,14H,6H2,1H3,(H,15,16). The molecule has 0 aliphatic heterocycles. The molecule has 0 aromatic heterocycles. The van der Waals surface area contributed by atoms with Crippen LogP contribution < -0.4 is 5.32 Å². The lowest BCUT2D eigenvalue weighted by Crippen LogP contribution is -2.33. The summed E-state index contributed by atoms with van der Waals surface area (Å²) in [7, 11) is 0. The van der Waals surface area contributed by atoms with E-state index in [1.807, 2.05) is 6.07 Å². The number of halogens is 1. The number of nitriles is 1. The molecule has 1 aromatic rings. The number of hydrogen-bond acceptors (Lipinski definition) is 3. The van der Waals surface area contributed by atoms with Crippen LogP contribution in [0.2, 0.25) is 0 Å². The number of nitrogens with zero attached hydrogens (tertiary/aromatic N) is 1. The van der Waals surface area contributed by atoms with Gasteiger partial charge in [-0.15, -0.1) is 0 Å². The average molecular weight is 222 g/mol. The van der Waals surface area contributed by atoms with E-state index in [1.54, 1.807) is 0 Å². The predicted molar refractivity (Wildman–Crippen MR) is 55.1 cm³/mol. The van der Waals surface area contributed by atoms with Gasteiger partial charge in [0.15, 0.2) is 0 Å². The minimum atomic E-state index is -0.992. The molecule has 1 atom stereocenters. The third kappa shape index (κ3) is 3.04. The van der Waals surface area contributed by atoms with E-state index in [2.05, 4.69) is 5.32 Å². The molecule has 0 aliphatic carbocycles. The minimum Gasteiger partial charge on any atom is -0.480 e. The zero-order chi connectivity index (χ0) is 12.1. The molecule has 2 N–H and O–H groups in total. The smallest absolute Gasteiger partial charge is 0.320 e. The molecule has 4 nitrogen and oxygen atoms in total. The molecular formula is C11H11FN2O2. The summed E-state index contributed by atoms with van der Waals surface area (Å²) in [5, 5.41) is 19.8. The van der Waals surface area contributed by atoms with Crippen molar-refractivity contribution in [3.63, 3.8) is 0 Å². The summed E-state index contributed by atoms with van der Waals surface area (Å²) < 4.78 is 13.4. The van der Waals surface area contributed by atoms with Crippen LogP contribution in [-0.2, 0) is 11.3 Å². The molecule has 16 heavy (non-hydrogen) atoms. The lowest BCUT2D eigenvalue weighted by Gasteiger charge is -2.09. The van der Waals surface area contributed by atoms with Gasteiger partial charge >= 0.3 is 5.97 Å². The first kappa shape index (κ1) is 12.1. The zero-order valence-corrected chi connectivity index (χ0v) is 8.70. The Morgan fingerprint density at radius 2 is 2.38 bits per heavy atom. The molecule has 1 unspecified atom stereocenters. The van der Waals surface area contributed by atoms with Gasteiger partial charge in [0, 0.05) is 12.1 Å². The van der Waals surface area contributed by atoms with Crippen LogP contribution in [0, 0.1) is 17.1 Å². The van der Waals surface area contributed by atoms with E-state index >= 15 is 0 Å². The quantitative estimate of drug-likeness (QED) is 0.804. The first-order chi connectivity index (χ1) is 7.54. The Morgan fingerprint density at radius 3 is 2.88 bits per heavy atom. The third-order valence-corrected chi connectivity index (χ3v) is 2.15. The number of aliphatic carboxylic acids is 1. The van der Waals surface area contributed by atoms with E-state index in [-0.39, 0.29) is 12.1 Å². The summed E-state index contributed by atoms with van der Waals surface area (Å²) in [6, 6.07) is 5.17. The van der Waals surface area contributed by atoms with Gasteiger partial charge in [-0.25, -0.2) is 4.39 Å². The number of hydrogen-bond donors (Lipinski definition) is 2. The van der Waals surface area contributed by atoms with Crippen molar-refractivity contribution in [1.29, 1.82) is 5.26 Å². The zero-order valence-electron chi connectivity index (χ0n) is 8.70. The maximum absolute atomic E-state index is 13.4. The van der Waals surface area contributed by atoms with Crippen LogP contribution in [0.15, 0.2) is 18.2 Å². The average Bonchev–Trinajstić information content (AvgIpc) is 2.26. The Kier molecular flexibility index (Phi) is 3.97. The Balaban J connectivity index is 2.69. The van der Waals surface area contributed by atoms with E-state index in [9.17, 15) is 9.18 Å². The molecule has 0 radical (unpaired) electrons. The fourth-order valence-electron chi connectivity index (χ4n) is 1.11. The van der Waals surface area contributed by atoms with Gasteiger partial charge in [-0.1, -0.05) is 6.07 Å². The van der Waals surface area contributed by atoms with E-state index in [0.717, 1.165) is 6.07 Å². The van der Waals surface area contributed by atoms with Crippen LogP contribution in [0.25, 0.3) is 0 Å². The second-order valence-electron chi connectivity index (χ2n) is 3.36. The van der Waals surface area contributed by atoms with Gasteiger partial charge in [0.2, 0.25) is 0 Å². The summed E-state index contributed by atoms with van der Waals surface area (Å²) in [6.07, 6.45) is 0. The number of carboxylic acid groups (broad SMARTS) is 1. The highest BCUT2D eigenvalue weighted by atomic mass is 19.1. The SMILES string of the molecule is CC(NCc1ccc(C#N)cc1F)C(=O)O. The second kappa shape index (κ2) is 5.24. The number of benzene rings is 1. The van der Waals surface area contributed by atoms with Crippen LogP contribution in [0.5, 0.6) is 0 Å². The van der Waals surface area contributed by atoms with Crippen molar-refractivity contribution in [2.75, 3.05) is 0 Å². The summed E-state index contributed by atoms with van der Waals surface area (Å²) in [6.45, 7) is 1.59. The third-order valence-electron chi connectivity index (χ3n) is 2.15. The molecule has 84 valence electrons. The largest absolute Gasteiger partial charge is 0.480 e. The van der Waals surface area contributed by atoms with Crippen molar-refractivity contribution in [3.8, 4) is 6.07 Å². The molecule has 0 aliphatic rings. The highest BCUT2D eigenvalue weighted by Crippen LogP contribution is 2.09. The highest BCUT2D eigenvalue weighted by Gasteiger charge is 2.11. The summed E-state index contributed by atoms with van der Waals surface area (Å²) >= 11 is 0. The van der Waals surface area contributed by atoms with E-state index in [4.69, 9.17) is 10.4 Å². The van der Waals surface area contributed by atoms with Gasteiger partial charge in [0.05, 0.1) is 11.6 Å². The van der Waals surface area contributed by atoms with E-state index in [0.29, 0.717) is 5.56 Å². The monoisotopic (exact) mass is 222 g/mol. The second-order valence-corrected chi connectivity index (χ2v) is 3.36. The van der Waals surface area contributed by atoms with Gasteiger partial charge in [0.1, 0.15) is 11.9 Å². The maximum Gasteiger partial charge on any atom is 0.320 e. The van der Waals surface area contributed by atoms with E-state index in [1.165, 1.54) is 19.1 Å². The Hall–Kier alpha value is -1.93. The van der Waals surface area contributed by atoms with Crippen molar-refractivity contribution in [1.82, 2.24) is 5.32 Å². The minimum absolute atomic E-state index is 0.116. The van der Waals surface area contributed by atoms with Crippen LogP contribution in [0.1, 0.15) is 18.1 Å². The first-order valence-corrected chi connectivity index (χ1v) is 4.69. The molecule has 0 heterocycles. The number of rotatable bonds is 4. The van der Waals surface area contributed by atoms with Crippen molar-refractivity contribution >= 4 is 5.97 Å². The molecule has 1 aromatic carbocycles. The van der Waals surface area contributed by atoms with Gasteiger partial charge in [-0.3, -0.25) is 4.79 Å². The predicted octanol–water partition coefficient (Wildman–Crippen LogP) is 1.26. The topological polar surface area (TPSA) is 73.1 Å². The van der Waals surface area contributed by atoms with E-state index < -0.39 is 17.8 Å². The van der Waals surface area contributed by atoms with Crippen LogP contribution in [-0.4, -0.2) is 17.1 Å². The molecule has 0 saturated carbocycles. The molecular weight excluding hydrogens is 211 g/mol. The lowest BCUT2D eigenvalue weighted by atomic mass is 10.1. The Labute approximate surface area is 92.3 Å².